The van der Waals surface area contributed by atoms with Crippen molar-refractivity contribution in [1.29, 1.82) is 0 Å². The molecule has 0 aliphatic carbocycles. The number of benzene rings is 2. The lowest BCUT2D eigenvalue weighted by atomic mass is 9.87. The summed E-state index contributed by atoms with van der Waals surface area (Å²) in [6.07, 6.45) is 2.65. The molecule has 3 nitrogen and oxygen atoms in total. The first kappa shape index (κ1) is 24.4. The number of carbonyl (C=O) groups excluding carboxylic acids is 1. The SMILES string of the molecule is CC(C)(C)CC(=O)c1ccc(-c2ccc(OCC3CCN(CC(C)(C)F)CC3)cc2)cc1. The van der Waals surface area contributed by atoms with Gasteiger partial charge in [0.1, 0.15) is 11.4 Å². The normalized spacial score (nSPS) is 16.2. The van der Waals surface area contributed by atoms with Crippen LogP contribution in [-0.2, 0) is 0 Å². The number of hydrogen-bond acceptors (Lipinski definition) is 3. The van der Waals surface area contributed by atoms with E-state index >= 15 is 0 Å². The van der Waals surface area contributed by atoms with E-state index in [-0.39, 0.29) is 11.2 Å². The summed E-state index contributed by atoms with van der Waals surface area (Å²) in [5, 5.41) is 0. The van der Waals surface area contributed by atoms with Gasteiger partial charge in [-0.25, -0.2) is 4.39 Å². The Morgan fingerprint density at radius 3 is 1.97 bits per heavy atom. The summed E-state index contributed by atoms with van der Waals surface area (Å²) >= 11 is 0. The zero-order valence-electron chi connectivity index (χ0n) is 20.3. The summed E-state index contributed by atoms with van der Waals surface area (Å²) in [6.45, 7) is 12.6. The van der Waals surface area contributed by atoms with Gasteiger partial charge in [-0.3, -0.25) is 4.79 Å². The van der Waals surface area contributed by atoms with Gasteiger partial charge in [0, 0.05) is 18.5 Å². The van der Waals surface area contributed by atoms with Crippen LogP contribution >= 0.6 is 0 Å². The molecule has 0 bridgehead atoms. The van der Waals surface area contributed by atoms with Gasteiger partial charge in [-0.2, -0.15) is 0 Å². The van der Waals surface area contributed by atoms with Crippen molar-refractivity contribution in [2.45, 2.75) is 59.5 Å². The number of carbonyl (C=O) groups is 1. The summed E-state index contributed by atoms with van der Waals surface area (Å²) in [5.41, 5.74) is 1.83. The molecule has 1 aliphatic rings. The van der Waals surface area contributed by atoms with Crippen LogP contribution in [0.25, 0.3) is 11.1 Å². The second kappa shape index (κ2) is 10.2. The molecule has 0 atom stereocenters. The van der Waals surface area contributed by atoms with Crippen molar-refractivity contribution in [2.75, 3.05) is 26.2 Å². The van der Waals surface area contributed by atoms with Crippen molar-refractivity contribution in [3.63, 3.8) is 0 Å². The van der Waals surface area contributed by atoms with Gasteiger partial charge in [-0.15, -0.1) is 0 Å². The quantitative estimate of drug-likeness (QED) is 0.423. The highest BCUT2D eigenvalue weighted by Gasteiger charge is 2.25. The van der Waals surface area contributed by atoms with E-state index in [1.54, 1.807) is 13.8 Å². The highest BCUT2D eigenvalue weighted by Crippen LogP contribution is 2.26. The molecule has 3 rings (SSSR count). The third kappa shape index (κ3) is 7.74. The molecule has 0 aromatic heterocycles. The molecule has 0 saturated carbocycles. The molecule has 1 fully saturated rings. The van der Waals surface area contributed by atoms with Crippen LogP contribution in [0.3, 0.4) is 0 Å². The Labute approximate surface area is 193 Å². The van der Waals surface area contributed by atoms with Gasteiger partial charge in [0.2, 0.25) is 0 Å². The maximum absolute atomic E-state index is 13.8. The van der Waals surface area contributed by atoms with Gasteiger partial charge >= 0.3 is 0 Å². The summed E-state index contributed by atoms with van der Waals surface area (Å²) in [7, 11) is 0. The monoisotopic (exact) mass is 439 g/mol. The minimum atomic E-state index is -1.13. The predicted octanol–water partition coefficient (Wildman–Crippen LogP) is 6.81. The van der Waals surface area contributed by atoms with Crippen molar-refractivity contribution in [3.05, 3.63) is 54.1 Å². The number of nitrogens with zero attached hydrogens (tertiary/aromatic N) is 1. The highest BCUT2D eigenvalue weighted by molar-refractivity contribution is 5.96. The lowest BCUT2D eigenvalue weighted by molar-refractivity contribution is 0.0836. The van der Waals surface area contributed by atoms with Gasteiger partial charge in [0.05, 0.1) is 6.61 Å². The van der Waals surface area contributed by atoms with Crippen LogP contribution in [0.15, 0.2) is 48.5 Å². The molecule has 2 aromatic carbocycles. The second-order valence-corrected chi connectivity index (χ2v) is 11.0. The second-order valence-electron chi connectivity index (χ2n) is 11.0. The van der Waals surface area contributed by atoms with Crippen LogP contribution in [0.1, 0.15) is 64.2 Å². The van der Waals surface area contributed by atoms with Gasteiger partial charge in [0.25, 0.3) is 0 Å². The smallest absolute Gasteiger partial charge is 0.163 e. The summed E-state index contributed by atoms with van der Waals surface area (Å²) < 4.78 is 19.9. The Morgan fingerprint density at radius 2 is 1.47 bits per heavy atom. The number of rotatable bonds is 8. The molecule has 2 aromatic rings. The van der Waals surface area contributed by atoms with Crippen molar-refractivity contribution < 1.29 is 13.9 Å². The van der Waals surface area contributed by atoms with Crippen LogP contribution in [0.2, 0.25) is 0 Å². The molecular formula is C28H38FNO2. The first-order valence-electron chi connectivity index (χ1n) is 11.8. The Kier molecular flexibility index (Phi) is 7.76. The first-order chi connectivity index (χ1) is 15.0. The van der Waals surface area contributed by atoms with E-state index in [1.807, 2.05) is 36.4 Å². The molecule has 1 heterocycles. The highest BCUT2D eigenvalue weighted by atomic mass is 19.1. The maximum Gasteiger partial charge on any atom is 0.163 e. The van der Waals surface area contributed by atoms with Crippen LogP contribution in [0.4, 0.5) is 4.39 Å². The minimum absolute atomic E-state index is 0.00605. The van der Waals surface area contributed by atoms with Crippen LogP contribution in [-0.4, -0.2) is 42.6 Å². The molecule has 0 N–H and O–H groups in total. The molecule has 4 heteroatoms. The number of piperidine rings is 1. The maximum atomic E-state index is 13.8. The van der Waals surface area contributed by atoms with Crippen molar-refractivity contribution in [3.8, 4) is 16.9 Å². The molecule has 0 unspecified atom stereocenters. The predicted molar refractivity (Wildman–Crippen MR) is 130 cm³/mol. The van der Waals surface area contributed by atoms with E-state index < -0.39 is 5.67 Å². The third-order valence-corrected chi connectivity index (χ3v) is 5.88. The zero-order chi connectivity index (χ0) is 23.4. The third-order valence-electron chi connectivity index (χ3n) is 5.88. The number of halogens is 1. The van der Waals surface area contributed by atoms with E-state index in [1.165, 1.54) is 0 Å². The van der Waals surface area contributed by atoms with Crippen molar-refractivity contribution in [2.24, 2.45) is 11.3 Å². The average Bonchev–Trinajstić information content (AvgIpc) is 2.71. The van der Waals surface area contributed by atoms with E-state index in [2.05, 4.69) is 37.8 Å². The molecule has 1 aliphatic heterocycles. The standard InChI is InChI=1S/C28H38FNO2/c1-27(2,3)18-26(31)24-8-6-22(7-9-24)23-10-12-25(13-11-23)32-19-21-14-16-30(17-15-21)20-28(4,5)29/h6-13,21H,14-20H2,1-5H3. The Morgan fingerprint density at radius 1 is 0.938 bits per heavy atom. The Balaban J connectivity index is 1.49. The van der Waals surface area contributed by atoms with E-state index in [4.69, 9.17) is 4.74 Å². The molecule has 32 heavy (non-hydrogen) atoms. The summed E-state index contributed by atoms with van der Waals surface area (Å²) in [4.78, 5) is 14.6. The molecule has 0 amide bonds. The van der Waals surface area contributed by atoms with Gasteiger partial charge < -0.3 is 9.64 Å². The van der Waals surface area contributed by atoms with E-state index in [0.717, 1.165) is 48.4 Å². The first-order valence-corrected chi connectivity index (χ1v) is 11.8. The van der Waals surface area contributed by atoms with Gasteiger partial charge in [-0.1, -0.05) is 57.2 Å². The molecule has 0 spiro atoms. The lowest BCUT2D eigenvalue weighted by Crippen LogP contribution is -2.41. The van der Waals surface area contributed by atoms with Crippen molar-refractivity contribution in [1.82, 2.24) is 4.90 Å². The van der Waals surface area contributed by atoms with E-state index in [9.17, 15) is 9.18 Å². The fourth-order valence-electron chi connectivity index (χ4n) is 4.23. The fourth-order valence-corrected chi connectivity index (χ4v) is 4.23. The van der Waals surface area contributed by atoms with E-state index in [0.29, 0.717) is 25.5 Å². The number of likely N-dealkylation sites (tertiary alicyclic amines) is 1. The van der Waals surface area contributed by atoms with Gasteiger partial charge in [-0.05, 0) is 74.4 Å². The topological polar surface area (TPSA) is 29.5 Å². The van der Waals surface area contributed by atoms with Crippen molar-refractivity contribution >= 4 is 5.78 Å². The zero-order valence-corrected chi connectivity index (χ0v) is 20.3. The summed E-state index contributed by atoms with van der Waals surface area (Å²) in [6, 6.07) is 16.0. The fraction of sp³-hybridized carbons (Fsp3) is 0.536. The minimum Gasteiger partial charge on any atom is -0.493 e. The number of ether oxygens (including phenoxy) is 1. The largest absolute Gasteiger partial charge is 0.493 e. The number of Topliss-reactive ketones (excluding diaryl/α,β-unsaturated/α-hetero) is 1. The Bertz CT molecular complexity index is 868. The van der Waals surface area contributed by atoms with Crippen LogP contribution < -0.4 is 4.74 Å². The Hall–Kier alpha value is -2.20. The number of alkyl halides is 1. The average molecular weight is 440 g/mol. The number of hydrogen-bond donors (Lipinski definition) is 0. The molecular weight excluding hydrogens is 401 g/mol. The van der Waals surface area contributed by atoms with Crippen LogP contribution in [0.5, 0.6) is 5.75 Å². The lowest BCUT2D eigenvalue weighted by Gasteiger charge is -2.34. The number of ketones is 1. The van der Waals surface area contributed by atoms with Gasteiger partial charge in [0.15, 0.2) is 5.78 Å². The molecule has 0 radical (unpaired) electrons. The molecule has 174 valence electrons. The summed E-state index contributed by atoms with van der Waals surface area (Å²) in [5.74, 6) is 1.58. The molecule has 1 saturated heterocycles. The van der Waals surface area contributed by atoms with Crippen LogP contribution in [0, 0.1) is 11.3 Å².